The smallest absolute Gasteiger partial charge is 0.0781 e. The zero-order valence-corrected chi connectivity index (χ0v) is 11.9. The van der Waals surface area contributed by atoms with Gasteiger partial charge in [0.15, 0.2) is 0 Å². The number of methoxy groups -OCH3 is 1. The fraction of sp³-hybridized carbons (Fsp3) is 0.667. The molecule has 3 nitrogen and oxygen atoms in total. The third-order valence-electron chi connectivity index (χ3n) is 4.10. The molecule has 2 atom stereocenters. The molecule has 2 unspecified atom stereocenters. The number of nitrogens with zero attached hydrogens (tertiary/aromatic N) is 1. The third-order valence-corrected chi connectivity index (χ3v) is 4.10. The summed E-state index contributed by atoms with van der Waals surface area (Å²) in [5.41, 5.74) is 2.48. The van der Waals surface area contributed by atoms with Gasteiger partial charge >= 0.3 is 0 Å². The van der Waals surface area contributed by atoms with E-state index < -0.39 is 0 Å². The second-order valence-electron chi connectivity index (χ2n) is 5.54. The van der Waals surface area contributed by atoms with E-state index in [1.807, 2.05) is 12.3 Å². The maximum Gasteiger partial charge on any atom is 0.0781 e. The molecule has 1 aromatic rings. The molecule has 0 amide bonds. The van der Waals surface area contributed by atoms with Gasteiger partial charge in [0.1, 0.15) is 0 Å². The minimum Gasteiger partial charge on any atom is -0.377 e. The molecule has 18 heavy (non-hydrogen) atoms. The molecule has 2 rings (SSSR count). The standard InChI is InChI=1S/C15H24N2O/c1-5-16-14(15(2,3)18-4)12-9-8-11-7-6-10-17-13(11)12/h6-7,10,12,14,16H,5,8-9H2,1-4H3. The van der Waals surface area contributed by atoms with Gasteiger partial charge in [-0.05, 0) is 44.9 Å². The molecule has 3 heteroatoms. The van der Waals surface area contributed by atoms with Gasteiger partial charge in [0.2, 0.25) is 0 Å². The van der Waals surface area contributed by atoms with Gasteiger partial charge in [0, 0.05) is 31.0 Å². The van der Waals surface area contributed by atoms with Crippen LogP contribution in [0.25, 0.3) is 0 Å². The highest BCUT2D eigenvalue weighted by molar-refractivity contribution is 5.30. The average Bonchev–Trinajstić information content (AvgIpc) is 2.79. The molecule has 1 aromatic heterocycles. The predicted octanol–water partition coefficient (Wildman–Crippen LogP) is 2.51. The Bertz CT molecular complexity index is 403. The summed E-state index contributed by atoms with van der Waals surface area (Å²) < 4.78 is 5.69. The van der Waals surface area contributed by atoms with Gasteiger partial charge in [0.05, 0.1) is 5.60 Å². The summed E-state index contributed by atoms with van der Waals surface area (Å²) >= 11 is 0. The first-order valence-corrected chi connectivity index (χ1v) is 6.82. The lowest BCUT2D eigenvalue weighted by molar-refractivity contribution is -0.0179. The van der Waals surface area contributed by atoms with Gasteiger partial charge in [-0.1, -0.05) is 13.0 Å². The number of nitrogens with one attached hydrogen (secondary N) is 1. The van der Waals surface area contributed by atoms with Gasteiger partial charge < -0.3 is 10.1 Å². The van der Waals surface area contributed by atoms with Crippen LogP contribution in [0.2, 0.25) is 0 Å². The summed E-state index contributed by atoms with van der Waals surface area (Å²) in [6.07, 6.45) is 4.20. The first-order chi connectivity index (χ1) is 8.60. The van der Waals surface area contributed by atoms with Crippen LogP contribution >= 0.6 is 0 Å². The van der Waals surface area contributed by atoms with E-state index in [9.17, 15) is 0 Å². The second kappa shape index (κ2) is 5.37. The van der Waals surface area contributed by atoms with Crippen LogP contribution in [0.5, 0.6) is 0 Å². The lowest BCUT2D eigenvalue weighted by Crippen LogP contribution is -2.51. The maximum atomic E-state index is 5.69. The third kappa shape index (κ3) is 2.43. The van der Waals surface area contributed by atoms with E-state index in [2.05, 4.69) is 37.1 Å². The first kappa shape index (κ1) is 13.5. The Morgan fingerprint density at radius 1 is 1.56 bits per heavy atom. The van der Waals surface area contributed by atoms with Crippen molar-refractivity contribution in [1.82, 2.24) is 10.3 Å². The van der Waals surface area contributed by atoms with Crippen LogP contribution in [0.15, 0.2) is 18.3 Å². The molecule has 1 aliphatic carbocycles. The van der Waals surface area contributed by atoms with Gasteiger partial charge in [-0.15, -0.1) is 0 Å². The topological polar surface area (TPSA) is 34.2 Å². The van der Waals surface area contributed by atoms with Crippen LogP contribution in [-0.4, -0.2) is 30.3 Å². The van der Waals surface area contributed by atoms with Crippen molar-refractivity contribution in [3.05, 3.63) is 29.6 Å². The lowest BCUT2D eigenvalue weighted by atomic mass is 9.85. The van der Waals surface area contributed by atoms with Crippen molar-refractivity contribution in [1.29, 1.82) is 0 Å². The summed E-state index contributed by atoms with van der Waals surface area (Å²) in [5.74, 6) is 0.455. The first-order valence-electron chi connectivity index (χ1n) is 6.82. The van der Waals surface area contributed by atoms with E-state index in [0.717, 1.165) is 19.4 Å². The molecule has 100 valence electrons. The van der Waals surface area contributed by atoms with Crippen LogP contribution in [0, 0.1) is 0 Å². The van der Waals surface area contributed by atoms with Crippen molar-refractivity contribution >= 4 is 0 Å². The summed E-state index contributed by atoms with van der Waals surface area (Å²) in [4.78, 5) is 4.60. The minimum absolute atomic E-state index is 0.181. The molecule has 0 bridgehead atoms. The van der Waals surface area contributed by atoms with Crippen LogP contribution in [0.1, 0.15) is 44.4 Å². The molecule has 0 aliphatic heterocycles. The Labute approximate surface area is 110 Å². The lowest BCUT2D eigenvalue weighted by Gasteiger charge is -2.37. The average molecular weight is 248 g/mol. The highest BCUT2D eigenvalue weighted by atomic mass is 16.5. The highest BCUT2D eigenvalue weighted by Crippen LogP contribution is 2.38. The summed E-state index contributed by atoms with van der Waals surface area (Å²) in [7, 11) is 1.79. The van der Waals surface area contributed by atoms with Crippen molar-refractivity contribution in [3.63, 3.8) is 0 Å². The van der Waals surface area contributed by atoms with Crippen molar-refractivity contribution < 1.29 is 4.74 Å². The molecule has 0 radical (unpaired) electrons. The molecule has 1 heterocycles. The molecule has 0 spiro atoms. The SMILES string of the molecule is CCNC(C1CCc2cccnc21)C(C)(C)OC. The largest absolute Gasteiger partial charge is 0.377 e. The van der Waals surface area contributed by atoms with Crippen LogP contribution in [0.3, 0.4) is 0 Å². The van der Waals surface area contributed by atoms with Gasteiger partial charge in [-0.3, -0.25) is 4.98 Å². The van der Waals surface area contributed by atoms with E-state index in [-0.39, 0.29) is 5.60 Å². The number of hydrogen-bond acceptors (Lipinski definition) is 3. The Morgan fingerprint density at radius 3 is 3.00 bits per heavy atom. The van der Waals surface area contributed by atoms with Crippen LogP contribution in [0.4, 0.5) is 0 Å². The van der Waals surface area contributed by atoms with Crippen molar-refractivity contribution in [2.75, 3.05) is 13.7 Å². The molecule has 0 aromatic carbocycles. The Morgan fingerprint density at radius 2 is 2.33 bits per heavy atom. The number of likely N-dealkylation sites (N-methyl/N-ethyl adjacent to an activating group) is 1. The maximum absolute atomic E-state index is 5.69. The number of aryl methyl sites for hydroxylation is 1. The quantitative estimate of drug-likeness (QED) is 0.869. The molecule has 1 aliphatic rings. The number of fused-ring (bicyclic) bond motifs is 1. The highest BCUT2D eigenvalue weighted by Gasteiger charge is 2.39. The van der Waals surface area contributed by atoms with E-state index >= 15 is 0 Å². The van der Waals surface area contributed by atoms with Gasteiger partial charge in [0.25, 0.3) is 0 Å². The van der Waals surface area contributed by atoms with Gasteiger partial charge in [-0.2, -0.15) is 0 Å². The number of pyridine rings is 1. The van der Waals surface area contributed by atoms with Crippen LogP contribution < -0.4 is 5.32 Å². The van der Waals surface area contributed by atoms with E-state index in [4.69, 9.17) is 4.74 Å². The van der Waals surface area contributed by atoms with Crippen molar-refractivity contribution in [2.24, 2.45) is 0 Å². The van der Waals surface area contributed by atoms with E-state index in [0.29, 0.717) is 12.0 Å². The Hall–Kier alpha value is -0.930. The molecule has 0 saturated carbocycles. The fourth-order valence-corrected chi connectivity index (χ4v) is 2.99. The Balaban J connectivity index is 2.29. The molecular weight excluding hydrogens is 224 g/mol. The van der Waals surface area contributed by atoms with E-state index in [1.165, 1.54) is 11.3 Å². The van der Waals surface area contributed by atoms with Crippen LogP contribution in [-0.2, 0) is 11.2 Å². The predicted molar refractivity (Wildman–Crippen MR) is 73.9 cm³/mol. The Kier molecular flexibility index (Phi) is 4.03. The van der Waals surface area contributed by atoms with Crippen molar-refractivity contribution in [2.45, 2.75) is 51.2 Å². The molecule has 0 fully saturated rings. The monoisotopic (exact) mass is 248 g/mol. The zero-order chi connectivity index (χ0) is 13.2. The zero-order valence-electron chi connectivity index (χ0n) is 11.9. The number of aromatic nitrogens is 1. The molecular formula is C15H24N2O. The minimum atomic E-state index is -0.181. The second-order valence-corrected chi connectivity index (χ2v) is 5.54. The molecule has 1 N–H and O–H groups in total. The van der Waals surface area contributed by atoms with E-state index in [1.54, 1.807) is 7.11 Å². The molecule has 0 saturated heterocycles. The van der Waals surface area contributed by atoms with Gasteiger partial charge in [-0.25, -0.2) is 0 Å². The van der Waals surface area contributed by atoms with Crippen molar-refractivity contribution in [3.8, 4) is 0 Å². The normalized spacial score (nSPS) is 20.8. The summed E-state index contributed by atoms with van der Waals surface area (Å²) in [5, 5.41) is 3.59. The number of ether oxygens (including phenoxy) is 1. The summed E-state index contributed by atoms with van der Waals surface area (Å²) in [6, 6.07) is 4.54. The summed E-state index contributed by atoms with van der Waals surface area (Å²) in [6.45, 7) is 7.41. The number of rotatable bonds is 5. The fourth-order valence-electron chi connectivity index (χ4n) is 2.99. The number of hydrogen-bond donors (Lipinski definition) is 1.